The van der Waals surface area contributed by atoms with Gasteiger partial charge in [0.05, 0.1) is 13.2 Å². The van der Waals surface area contributed by atoms with Crippen LogP contribution in [0.5, 0.6) is 0 Å². The van der Waals surface area contributed by atoms with E-state index in [0.29, 0.717) is 13.1 Å². The average Bonchev–Trinajstić information content (AvgIpc) is 1.97. The van der Waals surface area contributed by atoms with Gasteiger partial charge < -0.3 is 20.5 Å². The molecule has 0 atom stereocenters. The van der Waals surface area contributed by atoms with Crippen LogP contribution < -0.4 is 11.5 Å². The van der Waals surface area contributed by atoms with E-state index in [0.717, 1.165) is 0 Å². The maximum atomic E-state index is 10.6. The summed E-state index contributed by atoms with van der Waals surface area (Å²) < 4.78 is 19.9. The summed E-state index contributed by atoms with van der Waals surface area (Å²) in [6.07, 6.45) is 0. The molecule has 10 heavy (non-hydrogen) atoms. The Morgan fingerprint density at radius 1 is 1.10 bits per heavy atom. The van der Waals surface area contributed by atoms with Crippen LogP contribution in [0.4, 0.5) is 0 Å². The molecule has 0 aliphatic carbocycles. The third-order valence-electron chi connectivity index (χ3n) is 0.676. The summed E-state index contributed by atoms with van der Waals surface area (Å²) in [6.45, 7) is 1.23. The van der Waals surface area contributed by atoms with Gasteiger partial charge in [0.1, 0.15) is 0 Å². The molecular weight excluding hydrogens is 155 g/mol. The summed E-state index contributed by atoms with van der Waals surface area (Å²) in [6, 6.07) is 0. The molecule has 0 saturated heterocycles. The SMILES string of the molecule is NCCO[PH](=O)OCCN. The molecule has 0 saturated carbocycles. The van der Waals surface area contributed by atoms with Crippen LogP contribution >= 0.6 is 8.25 Å². The van der Waals surface area contributed by atoms with Gasteiger partial charge in [0.2, 0.25) is 0 Å². The van der Waals surface area contributed by atoms with E-state index in [1.807, 2.05) is 0 Å². The second-order valence-corrected chi connectivity index (χ2v) is 2.60. The van der Waals surface area contributed by atoms with E-state index in [4.69, 9.17) is 11.5 Å². The zero-order valence-corrected chi connectivity index (χ0v) is 6.71. The fourth-order valence-corrected chi connectivity index (χ4v) is 0.979. The molecule has 0 unspecified atom stereocenters. The van der Waals surface area contributed by atoms with Gasteiger partial charge in [-0.2, -0.15) is 0 Å². The number of rotatable bonds is 6. The Morgan fingerprint density at radius 2 is 1.50 bits per heavy atom. The van der Waals surface area contributed by atoms with Crippen molar-refractivity contribution in [2.45, 2.75) is 0 Å². The quantitative estimate of drug-likeness (QED) is 0.513. The van der Waals surface area contributed by atoms with Gasteiger partial charge >= 0.3 is 8.25 Å². The van der Waals surface area contributed by atoms with Gasteiger partial charge in [-0.05, 0) is 0 Å². The van der Waals surface area contributed by atoms with E-state index in [1.54, 1.807) is 0 Å². The molecule has 0 spiro atoms. The average molecular weight is 168 g/mol. The molecule has 0 aromatic carbocycles. The Hall–Kier alpha value is 0.0700. The van der Waals surface area contributed by atoms with E-state index in [9.17, 15) is 4.57 Å². The lowest BCUT2D eigenvalue weighted by Crippen LogP contribution is -2.08. The lowest BCUT2D eigenvalue weighted by atomic mass is 10.8. The molecule has 62 valence electrons. The van der Waals surface area contributed by atoms with Crippen molar-refractivity contribution in [1.29, 1.82) is 0 Å². The van der Waals surface area contributed by atoms with Crippen molar-refractivity contribution >= 4 is 8.25 Å². The van der Waals surface area contributed by atoms with E-state index < -0.39 is 8.25 Å². The second kappa shape index (κ2) is 7.18. The molecule has 5 nitrogen and oxygen atoms in total. The predicted octanol–water partition coefficient (Wildman–Crippen LogP) is -0.673. The van der Waals surface area contributed by atoms with Crippen molar-refractivity contribution in [1.82, 2.24) is 0 Å². The highest BCUT2D eigenvalue weighted by Crippen LogP contribution is 2.21. The summed E-state index contributed by atoms with van der Waals surface area (Å²) >= 11 is 0. The van der Waals surface area contributed by atoms with E-state index in [1.165, 1.54) is 0 Å². The highest BCUT2D eigenvalue weighted by molar-refractivity contribution is 7.33. The summed E-state index contributed by atoms with van der Waals surface area (Å²) in [5, 5.41) is 0. The van der Waals surface area contributed by atoms with E-state index in [-0.39, 0.29) is 13.2 Å². The minimum Gasteiger partial charge on any atom is -0.328 e. The minimum atomic E-state index is -2.32. The third-order valence-corrected chi connectivity index (χ3v) is 1.56. The van der Waals surface area contributed by atoms with Crippen LogP contribution in [0.3, 0.4) is 0 Å². The molecule has 0 heterocycles. The fraction of sp³-hybridized carbons (Fsp3) is 1.00. The molecule has 0 amide bonds. The summed E-state index contributed by atoms with van der Waals surface area (Å²) in [5.41, 5.74) is 10.2. The Bertz CT molecular complexity index is 90.5. The number of hydrogen-bond acceptors (Lipinski definition) is 5. The van der Waals surface area contributed by atoms with Gasteiger partial charge in [0, 0.05) is 13.1 Å². The van der Waals surface area contributed by atoms with Crippen molar-refractivity contribution in [3.05, 3.63) is 0 Å². The van der Waals surface area contributed by atoms with Crippen LogP contribution in [-0.4, -0.2) is 26.3 Å². The third kappa shape index (κ3) is 6.19. The predicted molar refractivity (Wildman–Crippen MR) is 39.0 cm³/mol. The molecule has 0 radical (unpaired) electrons. The zero-order chi connectivity index (χ0) is 7.82. The standard InChI is InChI=1S/C4H13N2O3P/c5-1-3-8-10(7)9-4-2-6/h10H,1-6H2. The molecule has 0 bridgehead atoms. The Labute approximate surface area is 60.6 Å². The molecule has 0 aromatic heterocycles. The lowest BCUT2D eigenvalue weighted by Gasteiger charge is -2.01. The smallest absolute Gasteiger partial charge is 0.319 e. The van der Waals surface area contributed by atoms with E-state index >= 15 is 0 Å². The summed E-state index contributed by atoms with van der Waals surface area (Å²) in [5.74, 6) is 0. The largest absolute Gasteiger partial charge is 0.328 e. The Kier molecular flexibility index (Phi) is 7.23. The molecule has 6 heteroatoms. The number of hydrogen-bond donors (Lipinski definition) is 2. The van der Waals surface area contributed by atoms with Crippen LogP contribution in [0, 0.1) is 0 Å². The first-order chi connectivity index (χ1) is 4.81. The van der Waals surface area contributed by atoms with Crippen LogP contribution in [-0.2, 0) is 13.6 Å². The first-order valence-electron chi connectivity index (χ1n) is 3.01. The summed E-state index contributed by atoms with van der Waals surface area (Å²) in [4.78, 5) is 0. The van der Waals surface area contributed by atoms with Crippen molar-refractivity contribution < 1.29 is 13.6 Å². The van der Waals surface area contributed by atoms with Crippen molar-refractivity contribution in [2.75, 3.05) is 26.3 Å². The van der Waals surface area contributed by atoms with Crippen molar-refractivity contribution in [3.63, 3.8) is 0 Å². The van der Waals surface area contributed by atoms with Crippen LogP contribution in [0.1, 0.15) is 0 Å². The molecule has 0 aliphatic rings. The topological polar surface area (TPSA) is 87.6 Å². The van der Waals surface area contributed by atoms with Crippen LogP contribution in [0.15, 0.2) is 0 Å². The van der Waals surface area contributed by atoms with Gasteiger partial charge in [0.15, 0.2) is 0 Å². The summed E-state index contributed by atoms with van der Waals surface area (Å²) in [7, 11) is -2.32. The molecule has 0 rings (SSSR count). The fourth-order valence-electron chi connectivity index (χ4n) is 0.326. The molecule has 0 aromatic rings. The molecule has 0 fully saturated rings. The number of nitrogens with two attached hydrogens (primary N) is 2. The van der Waals surface area contributed by atoms with Crippen LogP contribution in [0.2, 0.25) is 0 Å². The lowest BCUT2D eigenvalue weighted by molar-refractivity contribution is 0.234. The second-order valence-electron chi connectivity index (χ2n) is 1.52. The normalized spacial score (nSPS) is 10.7. The molecule has 4 N–H and O–H groups in total. The first-order valence-corrected chi connectivity index (χ1v) is 4.23. The highest BCUT2D eigenvalue weighted by atomic mass is 31.1. The van der Waals surface area contributed by atoms with Crippen molar-refractivity contribution in [3.8, 4) is 0 Å². The minimum absolute atomic E-state index is 0.266. The van der Waals surface area contributed by atoms with Crippen LogP contribution in [0.25, 0.3) is 0 Å². The maximum absolute atomic E-state index is 10.6. The van der Waals surface area contributed by atoms with Crippen molar-refractivity contribution in [2.24, 2.45) is 11.5 Å². The zero-order valence-electron chi connectivity index (χ0n) is 5.71. The van der Waals surface area contributed by atoms with Gasteiger partial charge in [-0.15, -0.1) is 0 Å². The van der Waals surface area contributed by atoms with Gasteiger partial charge in [-0.1, -0.05) is 0 Å². The molecular formula is C4H13N2O3P. The van der Waals surface area contributed by atoms with Gasteiger partial charge in [-0.25, -0.2) is 0 Å². The highest BCUT2D eigenvalue weighted by Gasteiger charge is 1.95. The van der Waals surface area contributed by atoms with E-state index in [2.05, 4.69) is 9.05 Å². The first kappa shape index (κ1) is 10.1. The molecule has 0 aliphatic heterocycles. The Morgan fingerprint density at radius 3 is 1.80 bits per heavy atom. The monoisotopic (exact) mass is 168 g/mol. The van der Waals surface area contributed by atoms with Gasteiger partial charge in [-0.3, -0.25) is 4.57 Å². The Balaban J connectivity index is 3.09. The maximum Gasteiger partial charge on any atom is 0.319 e. The van der Waals surface area contributed by atoms with Gasteiger partial charge in [0.25, 0.3) is 0 Å².